The van der Waals surface area contributed by atoms with Gasteiger partial charge in [0.05, 0.1) is 11.7 Å². The molecule has 1 aromatic heterocycles. The Bertz CT molecular complexity index is 370. The number of aromatic nitrogens is 2. The number of nitrogens with zero attached hydrogens (tertiary/aromatic N) is 2. The average Bonchev–Trinajstić information content (AvgIpc) is 2.47. The number of carboxylic acids is 2. The fourth-order valence-corrected chi connectivity index (χ4v) is 1.13. The van der Waals surface area contributed by atoms with Gasteiger partial charge in [-0.1, -0.05) is 0 Å². The van der Waals surface area contributed by atoms with Crippen molar-refractivity contribution in [2.45, 2.75) is 0 Å². The molecule has 0 aliphatic heterocycles. The summed E-state index contributed by atoms with van der Waals surface area (Å²) in [5.41, 5.74) is -0.178. The minimum Gasteiger partial charge on any atom is -0.478 e. The molecule has 0 radical (unpaired) electrons. The molecule has 0 saturated carbocycles. The minimum absolute atomic E-state index is 0.0555. The molecule has 0 aromatic carbocycles. The third-order valence-electron chi connectivity index (χ3n) is 1.10. The number of carboxylic acid groups (broad SMARTS) is 2. The zero-order chi connectivity index (χ0) is 9.84. The molecule has 1 rings (SSSR count). The van der Waals surface area contributed by atoms with E-state index in [9.17, 15) is 9.59 Å². The third kappa shape index (κ3) is 2.34. The van der Waals surface area contributed by atoms with Crippen LogP contribution >= 0.6 is 11.7 Å². The van der Waals surface area contributed by atoms with Crippen molar-refractivity contribution in [3.05, 3.63) is 17.5 Å². The van der Waals surface area contributed by atoms with E-state index in [-0.39, 0.29) is 11.4 Å². The number of aromatic carboxylic acids is 1. The second kappa shape index (κ2) is 3.76. The van der Waals surface area contributed by atoms with Gasteiger partial charge in [0.25, 0.3) is 0 Å². The SMILES string of the molecule is O=C(O)C=Cc1nsnc1C(=O)O. The van der Waals surface area contributed by atoms with Crippen LogP contribution in [0.15, 0.2) is 6.08 Å². The molecule has 6 nitrogen and oxygen atoms in total. The first-order valence-corrected chi connectivity index (χ1v) is 3.81. The van der Waals surface area contributed by atoms with E-state index in [1.165, 1.54) is 0 Å². The molecule has 7 heteroatoms. The van der Waals surface area contributed by atoms with Gasteiger partial charge in [-0.05, 0) is 6.08 Å². The van der Waals surface area contributed by atoms with Gasteiger partial charge in [0.1, 0.15) is 5.69 Å². The Kier molecular flexibility index (Phi) is 2.70. The topological polar surface area (TPSA) is 100 Å². The average molecular weight is 200 g/mol. The smallest absolute Gasteiger partial charge is 0.357 e. The van der Waals surface area contributed by atoms with Crippen LogP contribution in [0.1, 0.15) is 16.2 Å². The van der Waals surface area contributed by atoms with Crippen LogP contribution in [-0.2, 0) is 4.79 Å². The van der Waals surface area contributed by atoms with Crippen LogP contribution in [0.4, 0.5) is 0 Å². The van der Waals surface area contributed by atoms with Gasteiger partial charge in [0.15, 0.2) is 5.69 Å². The molecular formula is C6H4N2O4S. The molecule has 0 bridgehead atoms. The Balaban J connectivity index is 2.95. The van der Waals surface area contributed by atoms with Crippen LogP contribution < -0.4 is 0 Å². The van der Waals surface area contributed by atoms with E-state index >= 15 is 0 Å². The molecule has 0 amide bonds. The van der Waals surface area contributed by atoms with E-state index in [0.717, 1.165) is 23.9 Å². The quantitative estimate of drug-likeness (QED) is 0.682. The summed E-state index contributed by atoms with van der Waals surface area (Å²) in [6.07, 6.45) is 1.90. The fourth-order valence-electron chi connectivity index (χ4n) is 0.603. The van der Waals surface area contributed by atoms with Crippen LogP contribution in [0, 0.1) is 0 Å². The first-order chi connectivity index (χ1) is 6.11. The molecule has 13 heavy (non-hydrogen) atoms. The largest absolute Gasteiger partial charge is 0.478 e. The van der Waals surface area contributed by atoms with Crippen molar-refractivity contribution in [3.8, 4) is 0 Å². The summed E-state index contributed by atoms with van der Waals surface area (Å²) in [5.74, 6) is -2.39. The highest BCUT2D eigenvalue weighted by atomic mass is 32.1. The van der Waals surface area contributed by atoms with Gasteiger partial charge in [0, 0.05) is 6.08 Å². The normalized spacial score (nSPS) is 10.5. The Hall–Kier alpha value is -1.76. The standard InChI is InChI=1S/C6H4N2O4S/c9-4(10)2-1-3-5(6(11)12)8-13-7-3/h1-2H,(H,9,10)(H,11,12). The Morgan fingerprint density at radius 1 is 1.31 bits per heavy atom. The molecular weight excluding hydrogens is 196 g/mol. The highest BCUT2D eigenvalue weighted by molar-refractivity contribution is 6.99. The number of rotatable bonds is 3. The zero-order valence-corrected chi connectivity index (χ0v) is 6.98. The van der Waals surface area contributed by atoms with Crippen LogP contribution in [0.2, 0.25) is 0 Å². The van der Waals surface area contributed by atoms with E-state index in [2.05, 4.69) is 8.75 Å². The first kappa shape index (κ1) is 9.33. The first-order valence-electron chi connectivity index (χ1n) is 3.08. The van der Waals surface area contributed by atoms with Gasteiger partial charge >= 0.3 is 11.9 Å². The lowest BCUT2D eigenvalue weighted by Gasteiger charge is -1.86. The van der Waals surface area contributed by atoms with Gasteiger partial charge in [-0.3, -0.25) is 0 Å². The number of carbonyl (C=O) groups is 2. The van der Waals surface area contributed by atoms with Crippen LogP contribution in [0.5, 0.6) is 0 Å². The molecule has 1 heterocycles. The van der Waals surface area contributed by atoms with Gasteiger partial charge < -0.3 is 10.2 Å². The van der Waals surface area contributed by atoms with E-state index in [0.29, 0.717) is 0 Å². The van der Waals surface area contributed by atoms with Crippen molar-refractivity contribution < 1.29 is 19.8 Å². The third-order valence-corrected chi connectivity index (χ3v) is 1.64. The summed E-state index contributed by atoms with van der Waals surface area (Å²) in [6, 6.07) is 0. The van der Waals surface area contributed by atoms with Crippen molar-refractivity contribution in [1.82, 2.24) is 8.75 Å². The molecule has 68 valence electrons. The van der Waals surface area contributed by atoms with Crippen molar-refractivity contribution in [3.63, 3.8) is 0 Å². The fraction of sp³-hybridized carbons (Fsp3) is 0. The van der Waals surface area contributed by atoms with Crippen molar-refractivity contribution in [2.24, 2.45) is 0 Å². The minimum atomic E-state index is -1.22. The van der Waals surface area contributed by atoms with Crippen LogP contribution in [-0.4, -0.2) is 30.9 Å². The van der Waals surface area contributed by atoms with Gasteiger partial charge in [-0.2, -0.15) is 8.75 Å². The predicted molar refractivity (Wildman–Crippen MR) is 43.5 cm³/mol. The maximum Gasteiger partial charge on any atom is 0.357 e. The Labute approximate surface area is 76.5 Å². The maximum absolute atomic E-state index is 10.5. The van der Waals surface area contributed by atoms with Crippen molar-refractivity contribution in [1.29, 1.82) is 0 Å². The lowest BCUT2D eigenvalue weighted by Crippen LogP contribution is -1.99. The number of aliphatic carboxylic acids is 1. The second-order valence-corrected chi connectivity index (χ2v) is 2.50. The summed E-state index contributed by atoms with van der Waals surface area (Å²) < 4.78 is 7.09. The highest BCUT2D eigenvalue weighted by Gasteiger charge is 2.12. The molecule has 0 aliphatic rings. The maximum atomic E-state index is 10.5. The second-order valence-electron chi connectivity index (χ2n) is 1.97. The molecule has 1 aromatic rings. The summed E-state index contributed by atoms with van der Waals surface area (Å²) in [7, 11) is 0. The molecule has 0 saturated heterocycles. The van der Waals surface area contributed by atoms with Crippen LogP contribution in [0.3, 0.4) is 0 Å². The zero-order valence-electron chi connectivity index (χ0n) is 6.17. The molecule has 0 fully saturated rings. The van der Waals surface area contributed by atoms with E-state index in [4.69, 9.17) is 10.2 Å². The van der Waals surface area contributed by atoms with Crippen molar-refractivity contribution >= 4 is 29.7 Å². The van der Waals surface area contributed by atoms with Gasteiger partial charge in [-0.15, -0.1) is 0 Å². The van der Waals surface area contributed by atoms with Gasteiger partial charge in [-0.25, -0.2) is 9.59 Å². The Morgan fingerprint density at radius 2 is 2.00 bits per heavy atom. The summed E-state index contributed by atoms with van der Waals surface area (Å²) >= 11 is 0.721. The molecule has 0 unspecified atom stereocenters. The molecule has 2 N–H and O–H groups in total. The molecule has 0 atom stereocenters. The van der Waals surface area contributed by atoms with Crippen molar-refractivity contribution in [2.75, 3.05) is 0 Å². The summed E-state index contributed by atoms with van der Waals surface area (Å²) in [5, 5.41) is 16.8. The lowest BCUT2D eigenvalue weighted by atomic mass is 10.3. The highest BCUT2D eigenvalue weighted by Crippen LogP contribution is 2.07. The number of hydrogen-bond donors (Lipinski definition) is 2. The van der Waals surface area contributed by atoms with E-state index < -0.39 is 11.9 Å². The monoisotopic (exact) mass is 200 g/mol. The molecule has 0 spiro atoms. The summed E-state index contributed by atoms with van der Waals surface area (Å²) in [4.78, 5) is 20.5. The van der Waals surface area contributed by atoms with Gasteiger partial charge in [0.2, 0.25) is 0 Å². The molecule has 0 aliphatic carbocycles. The predicted octanol–water partition coefficient (Wildman–Crippen LogP) is 0.334. The van der Waals surface area contributed by atoms with E-state index in [1.54, 1.807) is 0 Å². The van der Waals surface area contributed by atoms with Crippen LogP contribution in [0.25, 0.3) is 6.08 Å². The number of hydrogen-bond acceptors (Lipinski definition) is 5. The summed E-state index contributed by atoms with van der Waals surface area (Å²) in [6.45, 7) is 0. The lowest BCUT2D eigenvalue weighted by molar-refractivity contribution is -0.131. The van der Waals surface area contributed by atoms with E-state index in [1.807, 2.05) is 0 Å². The Morgan fingerprint density at radius 3 is 2.54 bits per heavy atom.